The van der Waals surface area contributed by atoms with E-state index in [2.05, 4.69) is 15.5 Å². The standard InChI is InChI=1S/C11H18N4O3/c1-3-8(7-9(16)17)15-10(12-13-14-15)11(2)5-4-6-18-11/h8H,3-7H2,1-2H3,(H,16,17). The molecule has 1 aliphatic heterocycles. The van der Waals surface area contributed by atoms with Gasteiger partial charge >= 0.3 is 5.97 Å². The van der Waals surface area contributed by atoms with Crippen LogP contribution in [0.2, 0.25) is 0 Å². The van der Waals surface area contributed by atoms with Gasteiger partial charge in [-0.3, -0.25) is 4.79 Å². The molecule has 1 N–H and O–H groups in total. The number of aliphatic carboxylic acids is 1. The van der Waals surface area contributed by atoms with Gasteiger partial charge in [-0.25, -0.2) is 4.68 Å². The van der Waals surface area contributed by atoms with Gasteiger partial charge in [-0.2, -0.15) is 0 Å². The molecule has 100 valence electrons. The lowest BCUT2D eigenvalue weighted by molar-refractivity contribution is -0.138. The zero-order chi connectivity index (χ0) is 13.2. The first-order chi connectivity index (χ1) is 8.57. The maximum absolute atomic E-state index is 10.9. The first kappa shape index (κ1) is 12.9. The maximum atomic E-state index is 10.9. The summed E-state index contributed by atoms with van der Waals surface area (Å²) in [7, 11) is 0. The summed E-state index contributed by atoms with van der Waals surface area (Å²) in [6.07, 6.45) is 2.51. The molecule has 2 rings (SSSR count). The van der Waals surface area contributed by atoms with Crippen LogP contribution < -0.4 is 0 Å². The van der Waals surface area contributed by atoms with Gasteiger partial charge in [-0.05, 0) is 36.6 Å². The molecule has 0 aliphatic carbocycles. The Bertz CT molecular complexity index is 426. The topological polar surface area (TPSA) is 90.1 Å². The van der Waals surface area contributed by atoms with Gasteiger partial charge in [0.1, 0.15) is 5.60 Å². The van der Waals surface area contributed by atoms with Crippen LogP contribution in [0.25, 0.3) is 0 Å². The van der Waals surface area contributed by atoms with Crippen LogP contribution >= 0.6 is 0 Å². The highest BCUT2D eigenvalue weighted by Crippen LogP contribution is 2.35. The molecule has 0 saturated carbocycles. The number of hydrogen-bond donors (Lipinski definition) is 1. The number of tetrazole rings is 1. The Balaban J connectivity index is 2.28. The molecular weight excluding hydrogens is 236 g/mol. The molecule has 18 heavy (non-hydrogen) atoms. The molecule has 0 aromatic carbocycles. The number of hydrogen-bond acceptors (Lipinski definition) is 5. The van der Waals surface area contributed by atoms with E-state index in [1.165, 1.54) is 0 Å². The number of nitrogens with zero attached hydrogens (tertiary/aromatic N) is 4. The van der Waals surface area contributed by atoms with Crippen molar-refractivity contribution in [3.05, 3.63) is 5.82 Å². The van der Waals surface area contributed by atoms with Gasteiger partial charge in [0.05, 0.1) is 12.5 Å². The SMILES string of the molecule is CCC(CC(=O)O)n1nnnc1C1(C)CCCO1. The summed E-state index contributed by atoms with van der Waals surface area (Å²) in [4.78, 5) is 10.9. The number of rotatable bonds is 5. The number of carboxylic acid groups (broad SMARTS) is 1. The van der Waals surface area contributed by atoms with Crippen molar-refractivity contribution in [2.24, 2.45) is 0 Å². The van der Waals surface area contributed by atoms with E-state index >= 15 is 0 Å². The number of ether oxygens (including phenoxy) is 1. The van der Waals surface area contributed by atoms with E-state index in [4.69, 9.17) is 9.84 Å². The first-order valence-electron chi connectivity index (χ1n) is 6.21. The van der Waals surface area contributed by atoms with E-state index in [-0.39, 0.29) is 12.5 Å². The van der Waals surface area contributed by atoms with Crippen molar-refractivity contribution >= 4 is 5.97 Å². The molecule has 7 heteroatoms. The predicted octanol–water partition coefficient (Wildman–Crippen LogP) is 1.12. The summed E-state index contributed by atoms with van der Waals surface area (Å²) < 4.78 is 7.32. The van der Waals surface area contributed by atoms with Crippen LogP contribution in [0.4, 0.5) is 0 Å². The van der Waals surface area contributed by atoms with Crippen molar-refractivity contribution in [3.63, 3.8) is 0 Å². The Morgan fingerprint density at radius 2 is 2.44 bits per heavy atom. The van der Waals surface area contributed by atoms with Gasteiger partial charge in [-0.1, -0.05) is 6.92 Å². The predicted molar refractivity (Wildman–Crippen MR) is 61.9 cm³/mol. The summed E-state index contributed by atoms with van der Waals surface area (Å²) >= 11 is 0. The van der Waals surface area contributed by atoms with E-state index in [0.717, 1.165) is 12.8 Å². The quantitative estimate of drug-likeness (QED) is 0.847. The summed E-state index contributed by atoms with van der Waals surface area (Å²) in [6, 6.07) is -0.228. The van der Waals surface area contributed by atoms with Gasteiger partial charge in [0, 0.05) is 6.61 Å². The molecule has 2 heterocycles. The zero-order valence-corrected chi connectivity index (χ0v) is 10.7. The third-order valence-electron chi connectivity index (χ3n) is 3.41. The van der Waals surface area contributed by atoms with Crippen molar-refractivity contribution in [1.29, 1.82) is 0 Å². The van der Waals surface area contributed by atoms with Crippen LogP contribution in [0.3, 0.4) is 0 Å². The normalized spacial score (nSPS) is 25.2. The summed E-state index contributed by atoms with van der Waals surface area (Å²) in [5.41, 5.74) is -0.491. The minimum atomic E-state index is -0.846. The Morgan fingerprint density at radius 3 is 3.00 bits per heavy atom. The molecule has 0 spiro atoms. The van der Waals surface area contributed by atoms with Crippen LogP contribution in [-0.4, -0.2) is 37.9 Å². The van der Waals surface area contributed by atoms with Crippen molar-refractivity contribution in [2.45, 2.75) is 51.2 Å². The van der Waals surface area contributed by atoms with E-state index in [0.29, 0.717) is 18.9 Å². The van der Waals surface area contributed by atoms with Crippen LogP contribution in [0, 0.1) is 0 Å². The summed E-state index contributed by atoms with van der Waals surface area (Å²) in [5, 5.41) is 20.6. The molecule has 1 fully saturated rings. The zero-order valence-electron chi connectivity index (χ0n) is 10.7. The Labute approximate surface area is 105 Å². The molecule has 1 aromatic rings. The fraction of sp³-hybridized carbons (Fsp3) is 0.818. The number of aromatic nitrogens is 4. The Hall–Kier alpha value is -1.50. The van der Waals surface area contributed by atoms with E-state index in [9.17, 15) is 4.79 Å². The average Bonchev–Trinajstić information content (AvgIpc) is 2.94. The second-order valence-electron chi connectivity index (χ2n) is 4.79. The molecule has 1 saturated heterocycles. The van der Waals surface area contributed by atoms with Crippen molar-refractivity contribution < 1.29 is 14.6 Å². The van der Waals surface area contributed by atoms with Crippen LogP contribution in [0.1, 0.15) is 51.4 Å². The lowest BCUT2D eigenvalue weighted by Gasteiger charge is -2.24. The summed E-state index contributed by atoms with van der Waals surface area (Å²) in [5.74, 6) is -0.214. The van der Waals surface area contributed by atoms with Crippen LogP contribution in [0.5, 0.6) is 0 Å². The third kappa shape index (κ3) is 2.35. The molecule has 0 bridgehead atoms. The molecular formula is C11H18N4O3. The van der Waals surface area contributed by atoms with Gasteiger partial charge < -0.3 is 9.84 Å². The largest absolute Gasteiger partial charge is 0.481 e. The summed E-state index contributed by atoms with van der Waals surface area (Å²) in [6.45, 7) is 4.58. The van der Waals surface area contributed by atoms with E-state index < -0.39 is 11.6 Å². The monoisotopic (exact) mass is 254 g/mol. The number of carbonyl (C=O) groups is 1. The van der Waals surface area contributed by atoms with Crippen LogP contribution in [-0.2, 0) is 15.1 Å². The smallest absolute Gasteiger partial charge is 0.305 e. The fourth-order valence-electron chi connectivity index (χ4n) is 2.35. The number of carboxylic acids is 1. The van der Waals surface area contributed by atoms with Crippen molar-refractivity contribution in [1.82, 2.24) is 20.2 Å². The molecule has 1 aromatic heterocycles. The van der Waals surface area contributed by atoms with Gasteiger partial charge in [0.15, 0.2) is 5.82 Å². The minimum Gasteiger partial charge on any atom is -0.481 e. The highest BCUT2D eigenvalue weighted by molar-refractivity contribution is 5.67. The van der Waals surface area contributed by atoms with E-state index in [1.54, 1.807) is 4.68 Å². The first-order valence-corrected chi connectivity index (χ1v) is 6.21. The molecule has 7 nitrogen and oxygen atoms in total. The van der Waals surface area contributed by atoms with E-state index in [1.807, 2.05) is 13.8 Å². The molecule has 2 atom stereocenters. The Morgan fingerprint density at radius 1 is 1.67 bits per heavy atom. The Kier molecular flexibility index (Phi) is 3.60. The molecule has 1 aliphatic rings. The maximum Gasteiger partial charge on any atom is 0.305 e. The average molecular weight is 254 g/mol. The van der Waals surface area contributed by atoms with Gasteiger partial charge in [0.2, 0.25) is 0 Å². The second kappa shape index (κ2) is 5.01. The van der Waals surface area contributed by atoms with Crippen molar-refractivity contribution in [3.8, 4) is 0 Å². The second-order valence-corrected chi connectivity index (χ2v) is 4.79. The fourth-order valence-corrected chi connectivity index (χ4v) is 2.35. The van der Waals surface area contributed by atoms with Gasteiger partial charge in [-0.15, -0.1) is 5.10 Å². The lowest BCUT2D eigenvalue weighted by Crippen LogP contribution is -2.28. The lowest BCUT2D eigenvalue weighted by atomic mass is 10.0. The third-order valence-corrected chi connectivity index (χ3v) is 3.41. The highest BCUT2D eigenvalue weighted by Gasteiger charge is 2.38. The molecule has 0 amide bonds. The van der Waals surface area contributed by atoms with Gasteiger partial charge in [0.25, 0.3) is 0 Å². The van der Waals surface area contributed by atoms with Crippen molar-refractivity contribution in [2.75, 3.05) is 6.61 Å². The van der Waals surface area contributed by atoms with Crippen LogP contribution in [0.15, 0.2) is 0 Å². The molecule has 2 unspecified atom stereocenters. The minimum absolute atomic E-state index is 0.0185. The highest BCUT2D eigenvalue weighted by atomic mass is 16.5. The molecule has 0 radical (unpaired) electrons.